The predicted octanol–water partition coefficient (Wildman–Crippen LogP) is 1.88. The summed E-state index contributed by atoms with van der Waals surface area (Å²) in [6, 6.07) is 5.85. The quantitative estimate of drug-likeness (QED) is 0.778. The number of aromatic nitrogens is 4. The predicted molar refractivity (Wildman–Crippen MR) is 98.8 cm³/mol. The summed E-state index contributed by atoms with van der Waals surface area (Å²) in [5.74, 6) is 0.292. The van der Waals surface area contributed by atoms with E-state index in [1.165, 1.54) is 5.69 Å². The molecule has 1 N–H and O–H groups in total. The second kappa shape index (κ2) is 6.92. The molecule has 0 unspecified atom stereocenters. The van der Waals surface area contributed by atoms with E-state index in [0.717, 1.165) is 25.0 Å². The molecule has 4 rings (SSSR count). The van der Waals surface area contributed by atoms with E-state index >= 15 is 0 Å². The van der Waals surface area contributed by atoms with Crippen LogP contribution in [-0.2, 0) is 7.05 Å². The minimum atomic E-state index is -0.0643. The number of pyridine rings is 1. The largest absolute Gasteiger partial charge is 0.350 e. The Hall–Kier alpha value is -2.67. The Kier molecular flexibility index (Phi) is 4.46. The number of likely N-dealkylation sites (tertiary alicyclic amines) is 1. The zero-order valence-corrected chi connectivity index (χ0v) is 15.2. The van der Waals surface area contributed by atoms with E-state index < -0.39 is 0 Å². The molecule has 0 radical (unpaired) electrons. The molecular formula is C19H24N6O. The van der Waals surface area contributed by atoms with Gasteiger partial charge in [0.2, 0.25) is 0 Å². The van der Waals surface area contributed by atoms with Gasteiger partial charge in [0.05, 0.1) is 18.1 Å². The maximum Gasteiger partial charge on any atom is 0.268 e. The van der Waals surface area contributed by atoms with E-state index in [2.05, 4.69) is 31.8 Å². The monoisotopic (exact) mass is 352 g/mol. The van der Waals surface area contributed by atoms with Crippen LogP contribution in [0, 0.1) is 5.92 Å². The third kappa shape index (κ3) is 2.99. The second-order valence-electron chi connectivity index (χ2n) is 7.03. The van der Waals surface area contributed by atoms with Gasteiger partial charge >= 0.3 is 0 Å². The van der Waals surface area contributed by atoms with Crippen LogP contribution in [0.4, 0.5) is 0 Å². The molecule has 0 aromatic carbocycles. The third-order valence-electron chi connectivity index (χ3n) is 5.35. The topological polar surface area (TPSA) is 67.5 Å². The van der Waals surface area contributed by atoms with Crippen molar-refractivity contribution in [2.45, 2.75) is 18.9 Å². The van der Waals surface area contributed by atoms with Gasteiger partial charge in [0.1, 0.15) is 11.3 Å². The van der Waals surface area contributed by atoms with Crippen LogP contribution in [0.25, 0.3) is 5.65 Å². The number of amides is 1. The minimum absolute atomic E-state index is 0.0643. The zero-order valence-electron chi connectivity index (χ0n) is 15.2. The first-order valence-corrected chi connectivity index (χ1v) is 9.02. The van der Waals surface area contributed by atoms with Crippen molar-refractivity contribution in [3.05, 3.63) is 54.5 Å². The lowest BCUT2D eigenvalue weighted by Gasteiger charge is -2.39. The summed E-state index contributed by atoms with van der Waals surface area (Å²) in [6.45, 7) is 1.71. The maximum atomic E-state index is 12.8. The third-order valence-corrected chi connectivity index (χ3v) is 5.35. The Morgan fingerprint density at radius 2 is 2.23 bits per heavy atom. The van der Waals surface area contributed by atoms with Crippen molar-refractivity contribution >= 4 is 11.6 Å². The van der Waals surface area contributed by atoms with Crippen LogP contribution in [0.2, 0.25) is 0 Å². The van der Waals surface area contributed by atoms with Crippen LogP contribution in [0.5, 0.6) is 0 Å². The normalized spacial score (nSPS) is 21.2. The van der Waals surface area contributed by atoms with Gasteiger partial charge in [-0.05, 0) is 44.5 Å². The number of hydrogen-bond acceptors (Lipinski definition) is 4. The molecule has 0 saturated carbocycles. The molecule has 26 heavy (non-hydrogen) atoms. The summed E-state index contributed by atoms with van der Waals surface area (Å²) in [6.07, 6.45) is 9.54. The molecule has 7 heteroatoms. The van der Waals surface area contributed by atoms with Gasteiger partial charge < -0.3 is 9.88 Å². The van der Waals surface area contributed by atoms with E-state index in [1.807, 2.05) is 48.4 Å². The molecule has 136 valence electrons. The maximum absolute atomic E-state index is 12.8. The van der Waals surface area contributed by atoms with Gasteiger partial charge in [-0.2, -0.15) is 0 Å². The van der Waals surface area contributed by atoms with Crippen LogP contribution < -0.4 is 5.32 Å². The van der Waals surface area contributed by atoms with Gasteiger partial charge in [0, 0.05) is 32.2 Å². The Morgan fingerprint density at radius 3 is 3.04 bits per heavy atom. The van der Waals surface area contributed by atoms with Crippen molar-refractivity contribution in [2.24, 2.45) is 13.0 Å². The van der Waals surface area contributed by atoms with E-state index in [9.17, 15) is 4.79 Å². The average Bonchev–Trinajstić information content (AvgIpc) is 3.28. The highest BCUT2D eigenvalue weighted by molar-refractivity contribution is 5.93. The highest BCUT2D eigenvalue weighted by Crippen LogP contribution is 2.34. The van der Waals surface area contributed by atoms with Crippen LogP contribution in [0.1, 0.15) is 35.1 Å². The Morgan fingerprint density at radius 1 is 1.35 bits per heavy atom. The first-order valence-electron chi connectivity index (χ1n) is 9.02. The van der Waals surface area contributed by atoms with E-state index in [4.69, 9.17) is 0 Å². The van der Waals surface area contributed by atoms with E-state index in [-0.39, 0.29) is 11.9 Å². The van der Waals surface area contributed by atoms with Crippen LogP contribution >= 0.6 is 0 Å². The summed E-state index contributed by atoms with van der Waals surface area (Å²) in [4.78, 5) is 23.6. The van der Waals surface area contributed by atoms with Gasteiger partial charge in [0.15, 0.2) is 0 Å². The lowest BCUT2D eigenvalue weighted by molar-refractivity contribution is 0.0876. The Balaban J connectivity index is 1.51. The van der Waals surface area contributed by atoms with Crippen molar-refractivity contribution in [3.63, 3.8) is 0 Å². The van der Waals surface area contributed by atoms with Gasteiger partial charge in [0.25, 0.3) is 5.91 Å². The summed E-state index contributed by atoms with van der Waals surface area (Å²) in [5.41, 5.74) is 2.59. The number of carbonyl (C=O) groups is 1. The smallest absolute Gasteiger partial charge is 0.268 e. The number of imidazole rings is 2. The molecule has 4 heterocycles. The molecule has 1 aliphatic heterocycles. The lowest BCUT2D eigenvalue weighted by Crippen LogP contribution is -2.42. The van der Waals surface area contributed by atoms with Gasteiger partial charge in [-0.3, -0.25) is 14.1 Å². The Labute approximate surface area is 152 Å². The summed E-state index contributed by atoms with van der Waals surface area (Å²) < 4.78 is 3.90. The van der Waals surface area contributed by atoms with Crippen molar-refractivity contribution < 1.29 is 4.79 Å². The van der Waals surface area contributed by atoms with Gasteiger partial charge in [-0.25, -0.2) is 9.97 Å². The SMILES string of the molecule is CN1CCC[C@@H](CNC(=O)c2cccc3nccn23)[C@@H]1c1cncn1C. The molecule has 0 bridgehead atoms. The number of hydrogen-bond donors (Lipinski definition) is 1. The van der Waals surface area contributed by atoms with Crippen molar-refractivity contribution in [1.82, 2.24) is 29.2 Å². The van der Waals surface area contributed by atoms with E-state index in [1.54, 1.807) is 6.20 Å². The summed E-state index contributed by atoms with van der Waals surface area (Å²) >= 11 is 0. The molecule has 3 aromatic rings. The number of aryl methyl sites for hydroxylation is 1. The van der Waals surface area contributed by atoms with Gasteiger partial charge in [-0.15, -0.1) is 0 Å². The number of rotatable bonds is 4. The van der Waals surface area contributed by atoms with Gasteiger partial charge in [-0.1, -0.05) is 6.07 Å². The number of piperidine rings is 1. The first kappa shape index (κ1) is 16.8. The fourth-order valence-corrected chi connectivity index (χ4v) is 4.04. The number of carbonyl (C=O) groups excluding carboxylic acids is 1. The molecular weight excluding hydrogens is 328 g/mol. The molecule has 1 amide bonds. The minimum Gasteiger partial charge on any atom is -0.350 e. The van der Waals surface area contributed by atoms with Crippen LogP contribution in [0.15, 0.2) is 43.1 Å². The molecule has 1 fully saturated rings. The average molecular weight is 352 g/mol. The van der Waals surface area contributed by atoms with Crippen molar-refractivity contribution in [1.29, 1.82) is 0 Å². The highest BCUT2D eigenvalue weighted by atomic mass is 16.1. The molecule has 7 nitrogen and oxygen atoms in total. The molecule has 2 atom stereocenters. The second-order valence-corrected chi connectivity index (χ2v) is 7.03. The standard InChI is InChI=1S/C19H24N6O/c1-23-9-4-5-14(18(23)16-12-20-13-24(16)2)11-22-19(26)15-6-3-7-17-21-8-10-25(15)17/h3,6-8,10,12-14,18H,4-5,9,11H2,1-2H3,(H,22,26)/t14-,18+/m0/s1. The molecule has 3 aromatic heterocycles. The van der Waals surface area contributed by atoms with Crippen LogP contribution in [-0.4, -0.2) is 49.9 Å². The molecule has 0 spiro atoms. The fourth-order valence-electron chi connectivity index (χ4n) is 4.04. The van der Waals surface area contributed by atoms with E-state index in [0.29, 0.717) is 18.2 Å². The fraction of sp³-hybridized carbons (Fsp3) is 0.421. The number of fused-ring (bicyclic) bond motifs is 1. The molecule has 1 aliphatic rings. The molecule has 1 saturated heterocycles. The highest BCUT2D eigenvalue weighted by Gasteiger charge is 2.32. The number of nitrogens with one attached hydrogen (secondary N) is 1. The van der Waals surface area contributed by atoms with Crippen LogP contribution in [0.3, 0.4) is 0 Å². The summed E-state index contributed by atoms with van der Waals surface area (Å²) in [7, 11) is 4.18. The first-order chi connectivity index (χ1) is 12.6. The number of nitrogens with zero attached hydrogens (tertiary/aromatic N) is 5. The summed E-state index contributed by atoms with van der Waals surface area (Å²) in [5, 5.41) is 3.14. The van der Waals surface area contributed by atoms with Crippen molar-refractivity contribution in [3.8, 4) is 0 Å². The Bertz CT molecular complexity index is 914. The van der Waals surface area contributed by atoms with Crippen molar-refractivity contribution in [2.75, 3.05) is 20.1 Å². The molecule has 0 aliphatic carbocycles. The lowest BCUT2D eigenvalue weighted by atomic mass is 9.87. The zero-order chi connectivity index (χ0) is 18.1.